The molecule has 8 heteroatoms. The van der Waals surface area contributed by atoms with Crippen LogP contribution in [0.15, 0.2) is 6.07 Å². The lowest BCUT2D eigenvalue weighted by Crippen LogP contribution is -2.46. The van der Waals surface area contributed by atoms with Gasteiger partial charge < -0.3 is 19.3 Å². The molecule has 7 nitrogen and oxygen atoms in total. The summed E-state index contributed by atoms with van der Waals surface area (Å²) in [6, 6.07) is 1.26. The van der Waals surface area contributed by atoms with Crippen molar-refractivity contribution in [2.75, 3.05) is 14.2 Å². The van der Waals surface area contributed by atoms with E-state index in [9.17, 15) is 9.18 Å². The number of nitrogens with zero attached hydrogens (tertiary/aromatic N) is 2. The molecule has 1 aliphatic carbocycles. The molecule has 0 radical (unpaired) electrons. The molecule has 1 fully saturated rings. The maximum absolute atomic E-state index is 14.6. The summed E-state index contributed by atoms with van der Waals surface area (Å²) >= 11 is 0. The van der Waals surface area contributed by atoms with Crippen molar-refractivity contribution in [2.24, 2.45) is 5.92 Å². The predicted molar refractivity (Wildman–Crippen MR) is 69.4 cm³/mol. The maximum atomic E-state index is 14.6. The zero-order valence-electron chi connectivity index (χ0n) is 12.0. The van der Waals surface area contributed by atoms with Gasteiger partial charge >= 0.3 is 12.0 Å². The molecule has 1 heterocycles. The predicted octanol–water partition coefficient (Wildman–Crippen LogP) is 1.46. The molecule has 116 valence electrons. The number of ether oxygens (including phenoxy) is 3. The Kier molecular flexibility index (Phi) is 4.15. The topological polar surface area (TPSA) is 90.8 Å². The summed E-state index contributed by atoms with van der Waals surface area (Å²) in [5, 5.41) is 9.10. The van der Waals surface area contributed by atoms with Gasteiger partial charge in [-0.15, -0.1) is 0 Å². The van der Waals surface area contributed by atoms with Gasteiger partial charge in [-0.25, -0.2) is 9.18 Å². The van der Waals surface area contributed by atoms with Crippen LogP contribution >= 0.6 is 0 Å². The van der Waals surface area contributed by atoms with E-state index in [0.717, 1.165) is 0 Å². The average molecular weight is 300 g/mol. The second kappa shape index (κ2) is 5.71. The summed E-state index contributed by atoms with van der Waals surface area (Å²) in [6.07, 6.45) is -0.851. The third-order valence-electron chi connectivity index (χ3n) is 3.60. The van der Waals surface area contributed by atoms with Gasteiger partial charge in [0.2, 0.25) is 17.4 Å². The Morgan fingerprint density at radius 1 is 1.38 bits per heavy atom. The van der Waals surface area contributed by atoms with Gasteiger partial charge in [0.1, 0.15) is 6.10 Å². The van der Waals surface area contributed by atoms with Crippen molar-refractivity contribution in [1.29, 1.82) is 0 Å². The Morgan fingerprint density at radius 3 is 2.43 bits per heavy atom. The molecule has 21 heavy (non-hydrogen) atoms. The zero-order valence-corrected chi connectivity index (χ0v) is 12.0. The first-order chi connectivity index (χ1) is 9.90. The van der Waals surface area contributed by atoms with E-state index in [-0.39, 0.29) is 30.1 Å². The monoisotopic (exact) mass is 300 g/mol. The van der Waals surface area contributed by atoms with E-state index < -0.39 is 17.7 Å². The zero-order chi connectivity index (χ0) is 15.6. The van der Waals surface area contributed by atoms with Crippen LogP contribution in [0.1, 0.15) is 19.8 Å². The van der Waals surface area contributed by atoms with Crippen LogP contribution in [0.4, 0.5) is 4.39 Å². The third kappa shape index (κ3) is 2.84. The van der Waals surface area contributed by atoms with Gasteiger partial charge in [0.05, 0.1) is 20.3 Å². The first-order valence-electron chi connectivity index (χ1n) is 6.46. The van der Waals surface area contributed by atoms with E-state index in [1.54, 1.807) is 6.92 Å². The minimum atomic E-state index is -2.45. The van der Waals surface area contributed by atoms with Crippen LogP contribution in [0, 0.1) is 5.92 Å². The van der Waals surface area contributed by atoms with Crippen molar-refractivity contribution < 1.29 is 28.5 Å². The number of aliphatic carboxylic acids is 1. The lowest BCUT2D eigenvalue weighted by Gasteiger charge is -2.25. The summed E-state index contributed by atoms with van der Waals surface area (Å²) in [4.78, 5) is 19.0. The van der Waals surface area contributed by atoms with Crippen LogP contribution in [-0.2, 0) is 4.79 Å². The fraction of sp³-hybridized carbons (Fsp3) is 0.615. The summed E-state index contributed by atoms with van der Waals surface area (Å²) < 4.78 is 29.9. The van der Waals surface area contributed by atoms with Gasteiger partial charge in [-0.05, 0) is 18.8 Å². The van der Waals surface area contributed by atoms with Crippen LogP contribution in [-0.4, -0.2) is 47.0 Å². The molecular weight excluding hydrogens is 283 g/mol. The van der Waals surface area contributed by atoms with Crippen LogP contribution in [0.3, 0.4) is 0 Å². The highest BCUT2D eigenvalue weighted by molar-refractivity contribution is 5.78. The maximum Gasteiger partial charge on any atom is 0.345 e. The number of carboxylic acids is 1. The SMILES string of the molecule is COc1cc(OC)nc(OC2C(C)CCC2(F)C(=O)O)n1. The largest absolute Gasteiger partial charge is 0.481 e. The highest BCUT2D eigenvalue weighted by Gasteiger charge is 2.55. The van der Waals surface area contributed by atoms with Crippen molar-refractivity contribution in [2.45, 2.75) is 31.5 Å². The number of halogens is 1. The number of hydrogen-bond donors (Lipinski definition) is 1. The molecule has 0 spiro atoms. The minimum absolute atomic E-state index is 0.102. The number of alkyl halides is 1. The summed E-state index contributed by atoms with van der Waals surface area (Å²) in [6.45, 7) is 1.73. The Morgan fingerprint density at radius 2 is 1.95 bits per heavy atom. The first-order valence-corrected chi connectivity index (χ1v) is 6.46. The molecule has 3 atom stereocenters. The Balaban J connectivity index is 2.29. The minimum Gasteiger partial charge on any atom is -0.481 e. The molecule has 1 aromatic rings. The molecule has 2 rings (SSSR count). The standard InChI is InChI=1S/C13H17FN2O5/c1-7-4-5-13(14,11(17)18)10(7)21-12-15-8(19-2)6-9(16-12)20-3/h6-7,10H,4-5H2,1-3H3,(H,17,18). The van der Waals surface area contributed by atoms with Crippen molar-refractivity contribution in [1.82, 2.24) is 9.97 Å². The number of aromatic nitrogens is 2. The van der Waals surface area contributed by atoms with Crippen LogP contribution in [0.5, 0.6) is 17.8 Å². The Hall–Kier alpha value is -2.12. The summed E-state index contributed by atoms with van der Waals surface area (Å²) in [7, 11) is 2.81. The van der Waals surface area contributed by atoms with E-state index in [4.69, 9.17) is 19.3 Å². The summed E-state index contributed by atoms with van der Waals surface area (Å²) in [5.74, 6) is -1.44. The number of carboxylic acid groups (broad SMARTS) is 1. The molecule has 1 aromatic heterocycles. The smallest absolute Gasteiger partial charge is 0.345 e. The Labute approximate surface area is 121 Å². The molecule has 0 aromatic carbocycles. The highest BCUT2D eigenvalue weighted by Crippen LogP contribution is 2.40. The van der Waals surface area contributed by atoms with Crippen molar-refractivity contribution in [3.05, 3.63) is 6.07 Å². The van der Waals surface area contributed by atoms with E-state index in [1.165, 1.54) is 20.3 Å². The van der Waals surface area contributed by atoms with Gasteiger partial charge in [0.25, 0.3) is 0 Å². The lowest BCUT2D eigenvalue weighted by atomic mass is 9.99. The molecule has 0 bridgehead atoms. The Bertz CT molecular complexity index is 519. The first kappa shape index (κ1) is 15.3. The third-order valence-corrected chi connectivity index (χ3v) is 3.60. The van der Waals surface area contributed by atoms with Gasteiger partial charge in [-0.2, -0.15) is 9.97 Å². The molecule has 0 amide bonds. The van der Waals surface area contributed by atoms with Gasteiger partial charge in [0.15, 0.2) is 0 Å². The fourth-order valence-electron chi connectivity index (χ4n) is 2.38. The molecular formula is C13H17FN2O5. The fourth-order valence-corrected chi connectivity index (χ4v) is 2.38. The van der Waals surface area contributed by atoms with Gasteiger partial charge in [-0.3, -0.25) is 0 Å². The van der Waals surface area contributed by atoms with E-state index in [1.807, 2.05) is 0 Å². The van der Waals surface area contributed by atoms with Crippen LogP contribution < -0.4 is 14.2 Å². The molecule has 0 saturated heterocycles. The van der Waals surface area contributed by atoms with Gasteiger partial charge in [-0.1, -0.05) is 6.92 Å². The van der Waals surface area contributed by atoms with Crippen molar-refractivity contribution in [3.63, 3.8) is 0 Å². The van der Waals surface area contributed by atoms with Crippen LogP contribution in [0.25, 0.3) is 0 Å². The number of methoxy groups -OCH3 is 2. The van der Waals surface area contributed by atoms with E-state index in [0.29, 0.717) is 6.42 Å². The average Bonchev–Trinajstić information content (AvgIpc) is 2.76. The van der Waals surface area contributed by atoms with Gasteiger partial charge in [0, 0.05) is 0 Å². The number of hydrogen-bond acceptors (Lipinski definition) is 6. The second-order valence-electron chi connectivity index (χ2n) is 4.96. The molecule has 1 aliphatic rings. The second-order valence-corrected chi connectivity index (χ2v) is 4.96. The number of rotatable bonds is 5. The number of carbonyl (C=O) groups is 1. The lowest BCUT2D eigenvalue weighted by molar-refractivity contribution is -0.156. The van der Waals surface area contributed by atoms with Crippen LogP contribution in [0.2, 0.25) is 0 Å². The molecule has 3 unspecified atom stereocenters. The normalized spacial score (nSPS) is 28.2. The van der Waals surface area contributed by atoms with Crippen molar-refractivity contribution >= 4 is 5.97 Å². The van der Waals surface area contributed by atoms with E-state index >= 15 is 0 Å². The highest BCUT2D eigenvalue weighted by atomic mass is 19.1. The van der Waals surface area contributed by atoms with Crippen molar-refractivity contribution in [3.8, 4) is 17.8 Å². The summed E-state index contributed by atoms with van der Waals surface area (Å²) in [5.41, 5.74) is -2.45. The molecule has 1 saturated carbocycles. The molecule has 0 aliphatic heterocycles. The quantitative estimate of drug-likeness (QED) is 0.880. The molecule has 1 N–H and O–H groups in total. The van der Waals surface area contributed by atoms with E-state index in [2.05, 4.69) is 9.97 Å².